The number of hydrogen-bond acceptors (Lipinski definition) is 3. The number of non-ortho nitro benzene ring substituents is 1. The fraction of sp³-hybridized carbons (Fsp3) is 0.0741. The number of carbonyl (C=O) groups is 1. The molecule has 0 heterocycles. The van der Waals surface area contributed by atoms with Crippen molar-refractivity contribution in [2.45, 2.75) is 12.6 Å². The average molecular weight is 457 g/mol. The molecule has 0 atom stereocenters. The van der Waals surface area contributed by atoms with Gasteiger partial charge in [-0.3, -0.25) is 14.9 Å². The van der Waals surface area contributed by atoms with E-state index in [0.29, 0.717) is 11.6 Å². The molecule has 6 heteroatoms. The Hall–Kier alpha value is -3.96. The largest absolute Gasteiger partial charge is 0.323 e. The standard InChI is InChI=1S/C27H21ClN2O3/c28-24-16-14-20(15-17-24)19-29(27(31)23-12-7-13-25(18-23)30(32)33)26(21-8-3-1-4-9-21)22-10-5-2-6-11-22/h1-18,26H,19H2. The predicted molar refractivity (Wildman–Crippen MR) is 129 cm³/mol. The van der Waals surface area contributed by atoms with Gasteiger partial charge in [-0.1, -0.05) is 90.5 Å². The lowest BCUT2D eigenvalue weighted by molar-refractivity contribution is -0.384. The summed E-state index contributed by atoms with van der Waals surface area (Å²) in [6, 6.07) is 32.3. The summed E-state index contributed by atoms with van der Waals surface area (Å²) in [6.07, 6.45) is 0. The lowest BCUT2D eigenvalue weighted by Crippen LogP contribution is -2.35. The molecule has 0 spiro atoms. The van der Waals surface area contributed by atoms with Crippen molar-refractivity contribution in [2.75, 3.05) is 0 Å². The Morgan fingerprint density at radius 1 is 0.818 bits per heavy atom. The molecule has 4 aromatic carbocycles. The lowest BCUT2D eigenvalue weighted by atomic mass is 9.95. The first kappa shape index (κ1) is 22.2. The minimum Gasteiger partial charge on any atom is -0.323 e. The van der Waals surface area contributed by atoms with Crippen LogP contribution in [0.1, 0.15) is 33.1 Å². The second-order valence-electron chi connectivity index (χ2n) is 7.59. The first-order valence-electron chi connectivity index (χ1n) is 10.4. The molecule has 33 heavy (non-hydrogen) atoms. The molecule has 0 N–H and O–H groups in total. The van der Waals surface area contributed by atoms with Crippen molar-refractivity contribution in [1.82, 2.24) is 4.90 Å². The molecule has 0 aliphatic heterocycles. The molecule has 164 valence electrons. The topological polar surface area (TPSA) is 63.4 Å². The fourth-order valence-electron chi connectivity index (χ4n) is 3.81. The van der Waals surface area contributed by atoms with Crippen molar-refractivity contribution >= 4 is 23.2 Å². The number of benzene rings is 4. The maximum Gasteiger partial charge on any atom is 0.270 e. The summed E-state index contributed by atoms with van der Waals surface area (Å²) in [5.41, 5.74) is 2.92. The first-order chi connectivity index (χ1) is 16.0. The number of rotatable bonds is 7. The van der Waals surface area contributed by atoms with Crippen molar-refractivity contribution < 1.29 is 9.72 Å². The maximum atomic E-state index is 13.9. The number of hydrogen-bond donors (Lipinski definition) is 0. The summed E-state index contributed by atoms with van der Waals surface area (Å²) in [4.78, 5) is 26.4. The molecule has 0 saturated carbocycles. The number of nitro groups is 1. The number of nitrogens with zero attached hydrogens (tertiary/aromatic N) is 2. The smallest absolute Gasteiger partial charge is 0.270 e. The van der Waals surface area contributed by atoms with Gasteiger partial charge < -0.3 is 4.90 Å². The highest BCUT2D eigenvalue weighted by atomic mass is 35.5. The van der Waals surface area contributed by atoms with E-state index in [1.165, 1.54) is 18.2 Å². The Labute approximate surface area is 197 Å². The van der Waals surface area contributed by atoms with Crippen LogP contribution in [0.5, 0.6) is 0 Å². The van der Waals surface area contributed by atoms with E-state index < -0.39 is 11.0 Å². The molecule has 0 unspecified atom stereocenters. The van der Waals surface area contributed by atoms with E-state index in [2.05, 4.69) is 0 Å². The molecule has 4 aromatic rings. The zero-order valence-electron chi connectivity index (χ0n) is 17.7. The number of halogens is 1. The molecular weight excluding hydrogens is 436 g/mol. The van der Waals surface area contributed by atoms with Crippen molar-refractivity contribution in [3.05, 3.63) is 147 Å². The minimum atomic E-state index is -0.494. The van der Waals surface area contributed by atoms with Gasteiger partial charge in [-0.25, -0.2) is 0 Å². The second kappa shape index (κ2) is 10.1. The average Bonchev–Trinajstić information content (AvgIpc) is 2.86. The van der Waals surface area contributed by atoms with Crippen LogP contribution in [0.3, 0.4) is 0 Å². The van der Waals surface area contributed by atoms with Crippen LogP contribution in [0.2, 0.25) is 5.02 Å². The Bertz CT molecular complexity index is 1210. The Morgan fingerprint density at radius 3 is 1.94 bits per heavy atom. The van der Waals surface area contributed by atoms with Crippen molar-refractivity contribution in [3.8, 4) is 0 Å². The highest BCUT2D eigenvalue weighted by Gasteiger charge is 2.28. The summed E-state index contributed by atoms with van der Waals surface area (Å²) >= 11 is 6.06. The van der Waals surface area contributed by atoms with Gasteiger partial charge in [0.1, 0.15) is 0 Å². The Morgan fingerprint density at radius 2 is 1.39 bits per heavy atom. The molecular formula is C27H21ClN2O3. The van der Waals surface area contributed by atoms with E-state index in [1.54, 1.807) is 23.1 Å². The van der Waals surface area contributed by atoms with E-state index in [0.717, 1.165) is 16.7 Å². The van der Waals surface area contributed by atoms with Crippen LogP contribution in [0, 0.1) is 10.1 Å². The van der Waals surface area contributed by atoms with Crippen LogP contribution in [-0.4, -0.2) is 15.7 Å². The molecule has 5 nitrogen and oxygen atoms in total. The molecule has 0 aromatic heterocycles. The van der Waals surface area contributed by atoms with Crippen molar-refractivity contribution in [1.29, 1.82) is 0 Å². The molecule has 0 fully saturated rings. The third-order valence-corrected chi connectivity index (χ3v) is 5.63. The van der Waals surface area contributed by atoms with E-state index in [4.69, 9.17) is 11.6 Å². The van der Waals surface area contributed by atoms with Gasteiger partial charge in [0.25, 0.3) is 11.6 Å². The van der Waals surface area contributed by atoms with Gasteiger partial charge >= 0.3 is 0 Å². The zero-order chi connectivity index (χ0) is 23.2. The Kier molecular flexibility index (Phi) is 6.81. The van der Waals surface area contributed by atoms with Crippen LogP contribution < -0.4 is 0 Å². The first-order valence-corrected chi connectivity index (χ1v) is 10.8. The molecule has 0 aliphatic rings. The lowest BCUT2D eigenvalue weighted by Gasteiger charge is -2.33. The van der Waals surface area contributed by atoms with Gasteiger partial charge in [0.15, 0.2) is 0 Å². The van der Waals surface area contributed by atoms with Crippen LogP contribution in [0.4, 0.5) is 5.69 Å². The summed E-state index contributed by atoms with van der Waals surface area (Å²) < 4.78 is 0. The molecule has 0 aliphatic carbocycles. The monoisotopic (exact) mass is 456 g/mol. The summed E-state index contributed by atoms with van der Waals surface area (Å²) in [5.74, 6) is -0.300. The summed E-state index contributed by atoms with van der Waals surface area (Å²) in [5, 5.41) is 11.9. The quantitative estimate of drug-likeness (QED) is 0.230. The third kappa shape index (κ3) is 5.27. The van der Waals surface area contributed by atoms with Crippen LogP contribution >= 0.6 is 11.6 Å². The SMILES string of the molecule is O=C(c1cccc([N+](=O)[O-])c1)N(Cc1ccc(Cl)cc1)C(c1ccccc1)c1ccccc1. The Balaban J connectivity index is 1.84. The van der Waals surface area contributed by atoms with E-state index >= 15 is 0 Å². The van der Waals surface area contributed by atoms with Gasteiger partial charge in [0.05, 0.1) is 11.0 Å². The number of carbonyl (C=O) groups excluding carboxylic acids is 1. The van der Waals surface area contributed by atoms with Crippen LogP contribution in [0.15, 0.2) is 109 Å². The van der Waals surface area contributed by atoms with Crippen LogP contribution in [-0.2, 0) is 6.54 Å². The van der Waals surface area contributed by atoms with Crippen molar-refractivity contribution in [3.63, 3.8) is 0 Å². The second-order valence-corrected chi connectivity index (χ2v) is 8.03. The summed E-state index contributed by atoms with van der Waals surface area (Å²) in [6.45, 7) is 0.299. The van der Waals surface area contributed by atoms with Gasteiger partial charge in [-0.15, -0.1) is 0 Å². The van der Waals surface area contributed by atoms with E-state index in [1.807, 2.05) is 72.8 Å². The van der Waals surface area contributed by atoms with Gasteiger partial charge in [0, 0.05) is 29.3 Å². The van der Waals surface area contributed by atoms with E-state index in [9.17, 15) is 14.9 Å². The van der Waals surface area contributed by atoms with Gasteiger partial charge in [0.2, 0.25) is 0 Å². The molecule has 0 bridgehead atoms. The number of amides is 1. The van der Waals surface area contributed by atoms with Gasteiger partial charge in [-0.05, 0) is 34.9 Å². The molecule has 1 amide bonds. The zero-order valence-corrected chi connectivity index (χ0v) is 18.4. The molecule has 4 rings (SSSR count). The molecule has 0 saturated heterocycles. The van der Waals surface area contributed by atoms with E-state index in [-0.39, 0.29) is 17.2 Å². The molecule has 0 radical (unpaired) electrons. The predicted octanol–water partition coefficient (Wildman–Crippen LogP) is 6.68. The highest BCUT2D eigenvalue weighted by molar-refractivity contribution is 6.30. The summed E-state index contributed by atoms with van der Waals surface area (Å²) in [7, 11) is 0. The van der Waals surface area contributed by atoms with Crippen LogP contribution in [0.25, 0.3) is 0 Å². The third-order valence-electron chi connectivity index (χ3n) is 5.37. The fourth-order valence-corrected chi connectivity index (χ4v) is 3.93. The maximum absolute atomic E-state index is 13.9. The minimum absolute atomic E-state index is 0.122. The van der Waals surface area contributed by atoms with Gasteiger partial charge in [-0.2, -0.15) is 0 Å². The van der Waals surface area contributed by atoms with Crippen molar-refractivity contribution in [2.24, 2.45) is 0 Å². The number of nitro benzene ring substituents is 1. The normalized spacial score (nSPS) is 10.7. The highest BCUT2D eigenvalue weighted by Crippen LogP contribution is 2.32.